The number of amides is 1. The average Bonchev–Trinajstić information content (AvgIpc) is 2.27. The molecule has 1 saturated heterocycles. The highest BCUT2D eigenvalue weighted by Gasteiger charge is 2.34. The standard InChI is InChI=1S/C12H24N2O3/c1-12(2)9-14(8-10(7-13)17-12)11(15)5-4-6-16-3/h10H,4-9,13H2,1-3H3. The highest BCUT2D eigenvalue weighted by atomic mass is 16.5. The lowest BCUT2D eigenvalue weighted by Crippen LogP contribution is -2.56. The number of nitrogens with zero attached hydrogens (tertiary/aromatic N) is 1. The molecule has 5 nitrogen and oxygen atoms in total. The van der Waals surface area contributed by atoms with Crippen LogP contribution in [-0.4, -0.2) is 55.9 Å². The molecule has 0 aromatic heterocycles. The minimum atomic E-state index is -0.306. The topological polar surface area (TPSA) is 64.8 Å². The van der Waals surface area contributed by atoms with Crippen molar-refractivity contribution < 1.29 is 14.3 Å². The van der Waals surface area contributed by atoms with Gasteiger partial charge in [0.1, 0.15) is 0 Å². The Kier molecular flexibility index (Phi) is 5.36. The fourth-order valence-electron chi connectivity index (χ4n) is 2.13. The number of carbonyl (C=O) groups is 1. The van der Waals surface area contributed by atoms with Gasteiger partial charge in [-0.25, -0.2) is 0 Å². The molecule has 2 N–H and O–H groups in total. The molecule has 0 aromatic rings. The third-order valence-corrected chi connectivity index (χ3v) is 2.84. The van der Waals surface area contributed by atoms with Gasteiger partial charge < -0.3 is 20.1 Å². The van der Waals surface area contributed by atoms with Gasteiger partial charge in [0, 0.05) is 39.8 Å². The third-order valence-electron chi connectivity index (χ3n) is 2.84. The second-order valence-corrected chi connectivity index (χ2v) is 5.11. The predicted molar refractivity (Wildman–Crippen MR) is 65.7 cm³/mol. The van der Waals surface area contributed by atoms with Gasteiger partial charge in [-0.2, -0.15) is 0 Å². The SMILES string of the molecule is COCCCC(=O)N1CC(CN)OC(C)(C)C1. The first-order valence-electron chi connectivity index (χ1n) is 6.13. The molecular weight excluding hydrogens is 220 g/mol. The van der Waals surface area contributed by atoms with Crippen LogP contribution in [0.25, 0.3) is 0 Å². The number of carbonyl (C=O) groups excluding carboxylic acids is 1. The molecule has 1 heterocycles. The summed E-state index contributed by atoms with van der Waals surface area (Å²) in [5, 5.41) is 0. The number of methoxy groups -OCH3 is 1. The van der Waals surface area contributed by atoms with Crippen molar-refractivity contribution in [3.63, 3.8) is 0 Å². The Morgan fingerprint density at radius 3 is 2.88 bits per heavy atom. The largest absolute Gasteiger partial charge is 0.385 e. The van der Waals surface area contributed by atoms with Crippen LogP contribution in [0.1, 0.15) is 26.7 Å². The number of ether oxygens (including phenoxy) is 2. The van der Waals surface area contributed by atoms with Gasteiger partial charge in [0.05, 0.1) is 11.7 Å². The van der Waals surface area contributed by atoms with Gasteiger partial charge >= 0.3 is 0 Å². The highest BCUT2D eigenvalue weighted by Crippen LogP contribution is 2.21. The second-order valence-electron chi connectivity index (χ2n) is 5.11. The van der Waals surface area contributed by atoms with E-state index in [1.54, 1.807) is 7.11 Å². The summed E-state index contributed by atoms with van der Waals surface area (Å²) < 4.78 is 10.7. The van der Waals surface area contributed by atoms with Gasteiger partial charge in [0.2, 0.25) is 5.91 Å². The minimum Gasteiger partial charge on any atom is -0.385 e. The Bertz CT molecular complexity index is 256. The summed E-state index contributed by atoms with van der Waals surface area (Å²) in [6.45, 7) is 6.29. The zero-order valence-electron chi connectivity index (χ0n) is 11.1. The minimum absolute atomic E-state index is 0.0508. The van der Waals surface area contributed by atoms with Crippen LogP contribution in [0.15, 0.2) is 0 Å². The summed E-state index contributed by atoms with van der Waals surface area (Å²) in [4.78, 5) is 13.9. The van der Waals surface area contributed by atoms with Gasteiger partial charge in [-0.05, 0) is 20.3 Å². The smallest absolute Gasteiger partial charge is 0.222 e. The maximum absolute atomic E-state index is 12.0. The van der Waals surface area contributed by atoms with Crippen molar-refractivity contribution in [2.75, 3.05) is 33.4 Å². The van der Waals surface area contributed by atoms with E-state index < -0.39 is 0 Å². The Hall–Kier alpha value is -0.650. The summed E-state index contributed by atoms with van der Waals surface area (Å²) in [5.74, 6) is 0.164. The Labute approximate surface area is 103 Å². The van der Waals surface area contributed by atoms with Crippen molar-refractivity contribution in [3.8, 4) is 0 Å². The molecule has 1 unspecified atom stereocenters. The van der Waals surface area contributed by atoms with Crippen LogP contribution in [0, 0.1) is 0 Å². The molecule has 0 saturated carbocycles. The fourth-order valence-corrected chi connectivity index (χ4v) is 2.13. The lowest BCUT2D eigenvalue weighted by Gasteiger charge is -2.42. The van der Waals surface area contributed by atoms with Gasteiger partial charge in [-0.15, -0.1) is 0 Å². The van der Waals surface area contributed by atoms with Crippen molar-refractivity contribution in [3.05, 3.63) is 0 Å². The summed E-state index contributed by atoms with van der Waals surface area (Å²) >= 11 is 0. The first-order chi connectivity index (χ1) is 7.98. The first-order valence-corrected chi connectivity index (χ1v) is 6.13. The molecular formula is C12H24N2O3. The molecule has 0 aliphatic carbocycles. The summed E-state index contributed by atoms with van der Waals surface area (Å²) in [6, 6.07) is 0. The lowest BCUT2D eigenvalue weighted by atomic mass is 10.0. The molecule has 1 atom stereocenters. The Balaban J connectivity index is 2.48. The molecule has 1 aliphatic rings. The van der Waals surface area contributed by atoms with E-state index in [-0.39, 0.29) is 17.6 Å². The van der Waals surface area contributed by atoms with E-state index in [1.165, 1.54) is 0 Å². The van der Waals surface area contributed by atoms with Crippen LogP contribution in [0.2, 0.25) is 0 Å². The van der Waals surface area contributed by atoms with Crippen LogP contribution in [0.5, 0.6) is 0 Å². The maximum Gasteiger partial charge on any atom is 0.222 e. The summed E-state index contributed by atoms with van der Waals surface area (Å²) in [7, 11) is 1.65. The van der Waals surface area contributed by atoms with Crippen molar-refractivity contribution in [1.82, 2.24) is 4.90 Å². The van der Waals surface area contributed by atoms with E-state index in [0.717, 1.165) is 6.42 Å². The first kappa shape index (κ1) is 14.4. The number of nitrogens with two attached hydrogens (primary N) is 1. The van der Waals surface area contributed by atoms with Crippen LogP contribution >= 0.6 is 0 Å². The molecule has 17 heavy (non-hydrogen) atoms. The molecule has 0 bridgehead atoms. The van der Waals surface area contributed by atoms with Crippen molar-refractivity contribution in [1.29, 1.82) is 0 Å². The maximum atomic E-state index is 12.0. The molecule has 1 aliphatic heterocycles. The number of hydrogen-bond donors (Lipinski definition) is 1. The molecule has 100 valence electrons. The summed E-state index contributed by atoms with van der Waals surface area (Å²) in [5.41, 5.74) is 5.32. The van der Waals surface area contributed by atoms with Crippen LogP contribution in [0.3, 0.4) is 0 Å². The highest BCUT2D eigenvalue weighted by molar-refractivity contribution is 5.76. The quantitative estimate of drug-likeness (QED) is 0.710. The second kappa shape index (κ2) is 6.33. The zero-order valence-corrected chi connectivity index (χ0v) is 11.1. The van der Waals surface area contributed by atoms with Crippen LogP contribution < -0.4 is 5.73 Å². The molecule has 1 amide bonds. The van der Waals surface area contributed by atoms with Gasteiger partial charge in [-0.3, -0.25) is 4.79 Å². The van der Waals surface area contributed by atoms with E-state index >= 15 is 0 Å². The van der Waals surface area contributed by atoms with E-state index in [0.29, 0.717) is 32.7 Å². The summed E-state index contributed by atoms with van der Waals surface area (Å²) in [6.07, 6.45) is 1.24. The fraction of sp³-hybridized carbons (Fsp3) is 0.917. The predicted octanol–water partition coefficient (Wildman–Crippen LogP) is 0.378. The van der Waals surface area contributed by atoms with E-state index in [1.807, 2.05) is 18.7 Å². The van der Waals surface area contributed by atoms with Gasteiger partial charge in [0.25, 0.3) is 0 Å². The molecule has 1 fully saturated rings. The average molecular weight is 244 g/mol. The van der Waals surface area contributed by atoms with Crippen LogP contribution in [0.4, 0.5) is 0 Å². The number of hydrogen-bond acceptors (Lipinski definition) is 4. The molecule has 5 heteroatoms. The molecule has 0 aromatic carbocycles. The Morgan fingerprint density at radius 1 is 1.59 bits per heavy atom. The molecule has 0 radical (unpaired) electrons. The molecule has 1 rings (SSSR count). The van der Waals surface area contributed by atoms with Crippen molar-refractivity contribution in [2.45, 2.75) is 38.4 Å². The normalized spacial score (nSPS) is 23.8. The van der Waals surface area contributed by atoms with Gasteiger partial charge in [-0.1, -0.05) is 0 Å². The number of rotatable bonds is 5. The lowest BCUT2D eigenvalue weighted by molar-refractivity contribution is -0.159. The van der Waals surface area contributed by atoms with Gasteiger partial charge in [0.15, 0.2) is 0 Å². The monoisotopic (exact) mass is 244 g/mol. The molecule has 0 spiro atoms. The van der Waals surface area contributed by atoms with Crippen molar-refractivity contribution in [2.24, 2.45) is 5.73 Å². The van der Waals surface area contributed by atoms with E-state index in [2.05, 4.69) is 0 Å². The van der Waals surface area contributed by atoms with E-state index in [9.17, 15) is 4.79 Å². The number of morpholine rings is 1. The third kappa shape index (κ3) is 4.61. The van der Waals surface area contributed by atoms with E-state index in [4.69, 9.17) is 15.2 Å². The Morgan fingerprint density at radius 2 is 2.29 bits per heavy atom. The zero-order chi connectivity index (χ0) is 12.9. The van der Waals surface area contributed by atoms with Crippen LogP contribution in [-0.2, 0) is 14.3 Å². The van der Waals surface area contributed by atoms with Crippen molar-refractivity contribution >= 4 is 5.91 Å².